The van der Waals surface area contributed by atoms with Crippen LogP contribution in [0.1, 0.15) is 47.9 Å². The van der Waals surface area contributed by atoms with Crippen LogP contribution in [0.15, 0.2) is 11.0 Å². The predicted octanol–water partition coefficient (Wildman–Crippen LogP) is 1.93. The number of piperidine rings is 1. The highest BCUT2D eigenvalue weighted by molar-refractivity contribution is 7.89. The number of carbonyl (C=O) groups excluding carboxylic acids is 1. The lowest BCUT2D eigenvalue weighted by Gasteiger charge is -2.35. The van der Waals surface area contributed by atoms with Crippen molar-refractivity contribution in [1.29, 1.82) is 0 Å². The zero-order valence-corrected chi connectivity index (χ0v) is 17.1. The van der Waals surface area contributed by atoms with Gasteiger partial charge in [0.25, 0.3) is 0 Å². The Labute approximate surface area is 157 Å². The summed E-state index contributed by atoms with van der Waals surface area (Å²) in [6, 6.07) is 1.82. The summed E-state index contributed by atoms with van der Waals surface area (Å²) in [7, 11) is -3.62. The molecule has 1 unspecified atom stereocenters. The Kier molecular flexibility index (Phi) is 6.82. The molecule has 0 saturated carbocycles. The maximum absolute atomic E-state index is 13.5. The molecule has 1 heterocycles. The van der Waals surface area contributed by atoms with E-state index >= 15 is 0 Å². The monoisotopic (exact) mass is 381 g/mol. The molecule has 2 rings (SSSR count). The third-order valence-electron chi connectivity index (χ3n) is 5.34. The number of hydrogen-bond acceptors (Lipinski definition) is 4. The second-order valence-electron chi connectivity index (χ2n) is 7.20. The van der Waals surface area contributed by atoms with Gasteiger partial charge in [0.1, 0.15) is 0 Å². The summed E-state index contributed by atoms with van der Waals surface area (Å²) in [5.41, 5.74) is 8.99. The maximum Gasteiger partial charge on any atom is 0.243 e. The van der Waals surface area contributed by atoms with Crippen molar-refractivity contribution in [2.24, 2.45) is 5.73 Å². The van der Waals surface area contributed by atoms with E-state index in [1.807, 2.05) is 33.8 Å². The zero-order chi connectivity index (χ0) is 19.5. The van der Waals surface area contributed by atoms with Gasteiger partial charge in [-0.25, -0.2) is 8.42 Å². The Morgan fingerprint density at radius 2 is 1.81 bits per heavy atom. The molecule has 1 atom stereocenters. The van der Waals surface area contributed by atoms with E-state index in [1.54, 1.807) is 4.31 Å². The molecule has 146 valence electrons. The summed E-state index contributed by atoms with van der Waals surface area (Å²) in [6.45, 7) is 8.75. The smallest absolute Gasteiger partial charge is 0.243 e. The number of rotatable bonds is 6. The number of hydrogen-bond donors (Lipinski definition) is 2. The molecule has 26 heavy (non-hydrogen) atoms. The quantitative estimate of drug-likeness (QED) is 0.787. The molecule has 1 aliphatic rings. The van der Waals surface area contributed by atoms with Crippen LogP contribution >= 0.6 is 0 Å². The Morgan fingerprint density at radius 3 is 2.38 bits per heavy atom. The second kappa shape index (κ2) is 8.50. The molecule has 1 fully saturated rings. The van der Waals surface area contributed by atoms with E-state index in [0.717, 1.165) is 41.5 Å². The molecule has 1 aromatic rings. The predicted molar refractivity (Wildman–Crippen MR) is 104 cm³/mol. The maximum atomic E-state index is 13.5. The lowest BCUT2D eigenvalue weighted by Crippen LogP contribution is -2.49. The lowest BCUT2D eigenvalue weighted by molar-refractivity contribution is -0.121. The Hall–Kier alpha value is -1.44. The molecule has 0 radical (unpaired) electrons. The normalized spacial score (nSPS) is 18.7. The molecule has 1 aromatic carbocycles. The number of nitrogens with one attached hydrogen (secondary N) is 1. The molecule has 7 heteroatoms. The number of aryl methyl sites for hydroxylation is 2. The van der Waals surface area contributed by atoms with Crippen LogP contribution in [0, 0.1) is 27.7 Å². The van der Waals surface area contributed by atoms with Crippen LogP contribution in [0.25, 0.3) is 0 Å². The molecule has 0 aromatic heterocycles. The van der Waals surface area contributed by atoms with Gasteiger partial charge in [-0.1, -0.05) is 12.5 Å². The zero-order valence-electron chi connectivity index (χ0n) is 16.3. The van der Waals surface area contributed by atoms with Crippen molar-refractivity contribution < 1.29 is 13.2 Å². The fourth-order valence-electron chi connectivity index (χ4n) is 3.63. The number of carbonyl (C=O) groups is 1. The summed E-state index contributed by atoms with van der Waals surface area (Å²) < 4.78 is 28.6. The highest BCUT2D eigenvalue weighted by Gasteiger charge is 2.35. The van der Waals surface area contributed by atoms with Gasteiger partial charge in [0, 0.05) is 32.1 Å². The Bertz CT molecular complexity index is 748. The Balaban J connectivity index is 2.35. The minimum atomic E-state index is -3.62. The number of nitrogens with two attached hydrogens (primary N) is 1. The first-order chi connectivity index (χ1) is 12.2. The van der Waals surface area contributed by atoms with E-state index < -0.39 is 10.0 Å². The average molecular weight is 382 g/mol. The molecule has 0 aliphatic carbocycles. The molecular weight excluding hydrogens is 350 g/mol. The average Bonchev–Trinajstić information content (AvgIpc) is 2.59. The van der Waals surface area contributed by atoms with Crippen LogP contribution in [0.4, 0.5) is 0 Å². The summed E-state index contributed by atoms with van der Waals surface area (Å²) in [6.07, 6.45) is 2.82. The number of nitrogens with zero attached hydrogens (tertiary/aromatic N) is 1. The van der Waals surface area contributed by atoms with Crippen LogP contribution in [-0.2, 0) is 14.8 Å². The Morgan fingerprint density at radius 1 is 1.19 bits per heavy atom. The van der Waals surface area contributed by atoms with Crippen LogP contribution in [0.3, 0.4) is 0 Å². The highest BCUT2D eigenvalue weighted by Crippen LogP contribution is 2.32. The molecule has 1 aliphatic heterocycles. The van der Waals surface area contributed by atoms with E-state index in [9.17, 15) is 13.2 Å². The van der Waals surface area contributed by atoms with Crippen molar-refractivity contribution in [2.45, 2.75) is 64.3 Å². The van der Waals surface area contributed by atoms with Gasteiger partial charge >= 0.3 is 0 Å². The lowest BCUT2D eigenvalue weighted by atomic mass is 10.0. The van der Waals surface area contributed by atoms with Crippen molar-refractivity contribution in [3.05, 3.63) is 28.3 Å². The van der Waals surface area contributed by atoms with Crippen molar-refractivity contribution in [2.75, 3.05) is 19.6 Å². The SMILES string of the molecule is Cc1cc(C)c(C)c(S(=O)(=O)N2CCCCC2CNC(=O)CCN)c1C. The van der Waals surface area contributed by atoms with Crippen LogP contribution in [0.2, 0.25) is 0 Å². The van der Waals surface area contributed by atoms with Crippen LogP contribution in [0.5, 0.6) is 0 Å². The van der Waals surface area contributed by atoms with E-state index in [-0.39, 0.29) is 18.4 Å². The molecule has 6 nitrogen and oxygen atoms in total. The molecule has 0 spiro atoms. The van der Waals surface area contributed by atoms with Gasteiger partial charge in [-0.2, -0.15) is 4.31 Å². The van der Waals surface area contributed by atoms with E-state index in [2.05, 4.69) is 5.32 Å². The largest absolute Gasteiger partial charge is 0.354 e. The van der Waals surface area contributed by atoms with Crippen molar-refractivity contribution in [3.8, 4) is 0 Å². The van der Waals surface area contributed by atoms with Crippen molar-refractivity contribution in [3.63, 3.8) is 0 Å². The van der Waals surface area contributed by atoms with Gasteiger partial charge in [0.05, 0.1) is 4.90 Å². The van der Waals surface area contributed by atoms with E-state index in [0.29, 0.717) is 24.5 Å². The minimum absolute atomic E-state index is 0.130. The summed E-state index contributed by atoms with van der Waals surface area (Å²) in [5.74, 6) is -0.130. The van der Waals surface area contributed by atoms with E-state index in [4.69, 9.17) is 5.73 Å². The fraction of sp³-hybridized carbons (Fsp3) is 0.632. The van der Waals surface area contributed by atoms with Crippen molar-refractivity contribution >= 4 is 15.9 Å². The topological polar surface area (TPSA) is 92.5 Å². The summed E-state index contributed by atoms with van der Waals surface area (Å²) in [4.78, 5) is 12.2. The highest BCUT2D eigenvalue weighted by atomic mass is 32.2. The first-order valence-electron chi connectivity index (χ1n) is 9.26. The first kappa shape index (κ1) is 20.9. The van der Waals surface area contributed by atoms with Crippen molar-refractivity contribution in [1.82, 2.24) is 9.62 Å². The third kappa shape index (κ3) is 4.27. The fourth-order valence-corrected chi connectivity index (χ4v) is 5.90. The molecule has 0 bridgehead atoms. The number of sulfonamides is 1. The number of amides is 1. The molecule has 3 N–H and O–H groups in total. The van der Waals surface area contributed by atoms with E-state index in [1.165, 1.54) is 0 Å². The van der Waals surface area contributed by atoms with Gasteiger partial charge in [-0.15, -0.1) is 0 Å². The molecule has 1 saturated heterocycles. The van der Waals surface area contributed by atoms with Gasteiger partial charge in [-0.3, -0.25) is 4.79 Å². The first-order valence-corrected chi connectivity index (χ1v) is 10.7. The van der Waals surface area contributed by atoms with Gasteiger partial charge in [0.2, 0.25) is 15.9 Å². The standard InChI is InChI=1S/C19H31N3O3S/c1-13-11-14(2)16(4)19(15(13)3)26(24,25)22-10-6-5-7-17(22)12-21-18(23)8-9-20/h11,17H,5-10,12,20H2,1-4H3,(H,21,23). The van der Waals surface area contributed by atoms with Gasteiger partial charge in [0.15, 0.2) is 0 Å². The second-order valence-corrected chi connectivity index (χ2v) is 9.02. The summed E-state index contributed by atoms with van der Waals surface area (Å²) >= 11 is 0. The minimum Gasteiger partial charge on any atom is -0.354 e. The van der Waals surface area contributed by atoms with Gasteiger partial charge in [-0.05, 0) is 62.8 Å². The molecular formula is C19H31N3O3S. The third-order valence-corrected chi connectivity index (χ3v) is 7.57. The van der Waals surface area contributed by atoms with Crippen LogP contribution < -0.4 is 11.1 Å². The number of benzene rings is 1. The molecule has 1 amide bonds. The van der Waals surface area contributed by atoms with Crippen LogP contribution in [-0.4, -0.2) is 44.3 Å². The summed E-state index contributed by atoms with van der Waals surface area (Å²) in [5, 5.41) is 2.83. The van der Waals surface area contributed by atoms with Gasteiger partial charge < -0.3 is 11.1 Å².